The highest BCUT2D eigenvalue weighted by atomic mass is 19.4. The molecule has 2 aromatic rings. The molecule has 0 radical (unpaired) electrons. The first-order valence-corrected chi connectivity index (χ1v) is 7.55. The van der Waals surface area contributed by atoms with Crippen LogP contribution >= 0.6 is 0 Å². The Labute approximate surface area is 154 Å². The molecule has 2 rings (SSSR count). The van der Waals surface area contributed by atoms with Crippen molar-refractivity contribution in [2.24, 2.45) is 0 Å². The number of hydrogen-bond donors (Lipinski definition) is 2. The second-order valence-corrected chi connectivity index (χ2v) is 5.75. The summed E-state index contributed by atoms with van der Waals surface area (Å²) in [6.07, 6.45) is -5.33. The summed E-state index contributed by atoms with van der Waals surface area (Å²) in [5, 5.41) is 2.02. The Morgan fingerprint density at radius 3 is 2.36 bits per heavy atom. The maximum Gasteiger partial charge on any atom is 0.426 e. The summed E-state index contributed by atoms with van der Waals surface area (Å²) in [6, 6.07) is 5.22. The number of alkyl halides is 6. The lowest BCUT2D eigenvalue weighted by Gasteiger charge is -2.25. The summed E-state index contributed by atoms with van der Waals surface area (Å²) in [6.45, 7) is -3.28. The van der Waals surface area contributed by atoms with Crippen molar-refractivity contribution in [3.05, 3.63) is 53.3 Å². The summed E-state index contributed by atoms with van der Waals surface area (Å²) < 4.78 is 95.8. The van der Waals surface area contributed by atoms with Gasteiger partial charge in [-0.3, -0.25) is 4.79 Å². The number of anilines is 2. The molecule has 0 spiro atoms. The highest BCUT2D eigenvalue weighted by Gasteiger charge is 2.53. The summed E-state index contributed by atoms with van der Waals surface area (Å²) in [5.74, 6) is -3.14. The van der Waals surface area contributed by atoms with Crippen molar-refractivity contribution in [3.8, 4) is 5.75 Å². The Morgan fingerprint density at radius 2 is 1.79 bits per heavy atom. The molecule has 1 atom stereocenters. The molecule has 4 nitrogen and oxygen atoms in total. The molecular formula is C17H13F7N2O2. The minimum atomic E-state index is -5.33. The molecule has 0 fully saturated rings. The summed E-state index contributed by atoms with van der Waals surface area (Å²) >= 11 is 0. The zero-order valence-corrected chi connectivity index (χ0v) is 14.1. The lowest BCUT2D eigenvalue weighted by Crippen LogP contribution is -2.35. The topological polar surface area (TPSA) is 64.4 Å². The van der Waals surface area contributed by atoms with Crippen molar-refractivity contribution < 1.29 is 40.3 Å². The normalized spacial score (nSPS) is 13.9. The third kappa shape index (κ3) is 4.29. The number of ether oxygens (including phenoxy) is 1. The van der Waals surface area contributed by atoms with E-state index in [0.717, 1.165) is 12.1 Å². The van der Waals surface area contributed by atoms with Crippen LogP contribution in [-0.4, -0.2) is 18.7 Å². The first kappa shape index (κ1) is 21.3. The number of rotatable bonds is 5. The van der Waals surface area contributed by atoms with Gasteiger partial charge in [0.1, 0.15) is 5.75 Å². The quantitative estimate of drug-likeness (QED) is 0.538. The molecule has 152 valence electrons. The second kappa shape index (κ2) is 7.56. The van der Waals surface area contributed by atoms with Crippen LogP contribution < -0.4 is 15.8 Å². The maximum atomic E-state index is 14.1. The molecule has 2 aromatic carbocycles. The fourth-order valence-electron chi connectivity index (χ4n) is 2.19. The van der Waals surface area contributed by atoms with Crippen molar-refractivity contribution in [3.63, 3.8) is 0 Å². The molecule has 11 heteroatoms. The van der Waals surface area contributed by atoms with E-state index in [9.17, 15) is 35.5 Å². The van der Waals surface area contributed by atoms with Crippen molar-refractivity contribution in [1.82, 2.24) is 0 Å². The highest BCUT2D eigenvalue weighted by Crippen LogP contribution is 2.44. The van der Waals surface area contributed by atoms with Crippen LogP contribution in [0.25, 0.3) is 0 Å². The van der Waals surface area contributed by atoms with Crippen LogP contribution in [0.2, 0.25) is 0 Å². The predicted molar refractivity (Wildman–Crippen MR) is 86.4 cm³/mol. The summed E-state index contributed by atoms with van der Waals surface area (Å²) in [7, 11) is 0. The van der Waals surface area contributed by atoms with E-state index in [1.807, 2.05) is 5.32 Å². The van der Waals surface area contributed by atoms with E-state index in [2.05, 4.69) is 4.74 Å². The third-order valence-corrected chi connectivity index (χ3v) is 3.79. The van der Waals surface area contributed by atoms with Crippen LogP contribution in [-0.2, 0) is 5.67 Å². The minimum Gasteiger partial charge on any atom is -0.433 e. The number of nitrogens with two attached hydrogens (primary N) is 1. The van der Waals surface area contributed by atoms with Crippen LogP contribution in [0.3, 0.4) is 0 Å². The number of amides is 1. The predicted octanol–water partition coefficient (Wildman–Crippen LogP) is 5.01. The monoisotopic (exact) mass is 410 g/mol. The lowest BCUT2D eigenvalue weighted by molar-refractivity contribution is -0.228. The Balaban J connectivity index is 2.44. The van der Waals surface area contributed by atoms with Crippen molar-refractivity contribution in [1.29, 1.82) is 0 Å². The van der Waals surface area contributed by atoms with Gasteiger partial charge >= 0.3 is 12.8 Å². The van der Waals surface area contributed by atoms with E-state index in [0.29, 0.717) is 12.1 Å². The van der Waals surface area contributed by atoms with E-state index in [4.69, 9.17) is 5.73 Å². The molecule has 3 N–H and O–H groups in total. The molecule has 28 heavy (non-hydrogen) atoms. The van der Waals surface area contributed by atoms with Gasteiger partial charge in [-0.05, 0) is 31.2 Å². The first-order valence-electron chi connectivity index (χ1n) is 7.55. The number of nitrogens with one attached hydrogen (secondary N) is 1. The number of halogens is 7. The smallest absolute Gasteiger partial charge is 0.426 e. The Hall–Kier alpha value is -2.98. The number of hydrogen-bond acceptors (Lipinski definition) is 3. The van der Waals surface area contributed by atoms with Gasteiger partial charge in [0.15, 0.2) is 5.82 Å². The van der Waals surface area contributed by atoms with Gasteiger partial charge in [0.05, 0.1) is 16.9 Å². The molecule has 1 unspecified atom stereocenters. The van der Waals surface area contributed by atoms with E-state index < -0.39 is 52.7 Å². The Kier molecular flexibility index (Phi) is 5.76. The molecule has 0 saturated heterocycles. The van der Waals surface area contributed by atoms with E-state index in [1.165, 1.54) is 12.1 Å². The molecule has 0 aliphatic heterocycles. The van der Waals surface area contributed by atoms with Crippen molar-refractivity contribution >= 4 is 17.3 Å². The average molecular weight is 410 g/mol. The van der Waals surface area contributed by atoms with Crippen LogP contribution in [0.5, 0.6) is 5.75 Å². The van der Waals surface area contributed by atoms with Gasteiger partial charge in [-0.15, -0.1) is 0 Å². The fraction of sp³-hybridized carbons (Fsp3) is 0.235. The van der Waals surface area contributed by atoms with Gasteiger partial charge in [-0.2, -0.15) is 22.0 Å². The zero-order chi connectivity index (χ0) is 21.3. The van der Waals surface area contributed by atoms with Crippen LogP contribution in [0.1, 0.15) is 22.8 Å². The number of carbonyl (C=O) groups excluding carboxylic acids is 1. The van der Waals surface area contributed by atoms with Crippen LogP contribution in [0.4, 0.5) is 42.1 Å². The van der Waals surface area contributed by atoms with Gasteiger partial charge in [0, 0.05) is 5.56 Å². The number of nitrogen functional groups attached to an aromatic ring is 1. The molecule has 0 aliphatic carbocycles. The van der Waals surface area contributed by atoms with E-state index >= 15 is 0 Å². The Bertz CT molecular complexity index is 882. The van der Waals surface area contributed by atoms with Gasteiger partial charge in [-0.25, -0.2) is 8.78 Å². The first-order chi connectivity index (χ1) is 12.8. The summed E-state index contributed by atoms with van der Waals surface area (Å²) in [4.78, 5) is 12.2. The molecule has 0 bridgehead atoms. The fourth-order valence-corrected chi connectivity index (χ4v) is 2.19. The SMILES string of the molecule is CC(F)(c1ccc(NC(=O)c2cccc(N)c2F)c(OC(F)F)c1)C(F)(F)F. The van der Waals surface area contributed by atoms with Gasteiger partial charge in [0.25, 0.3) is 5.91 Å². The second-order valence-electron chi connectivity index (χ2n) is 5.75. The third-order valence-electron chi connectivity index (χ3n) is 3.79. The lowest BCUT2D eigenvalue weighted by atomic mass is 9.96. The molecule has 1 amide bonds. The Morgan fingerprint density at radius 1 is 1.14 bits per heavy atom. The van der Waals surface area contributed by atoms with Crippen molar-refractivity contribution in [2.75, 3.05) is 11.1 Å². The molecule has 0 saturated carbocycles. The zero-order valence-electron chi connectivity index (χ0n) is 14.1. The average Bonchev–Trinajstić information content (AvgIpc) is 2.57. The highest BCUT2D eigenvalue weighted by molar-refractivity contribution is 6.05. The van der Waals surface area contributed by atoms with Crippen molar-refractivity contribution in [2.45, 2.75) is 25.4 Å². The molecule has 0 heterocycles. The summed E-state index contributed by atoms with van der Waals surface area (Å²) in [5.41, 5.74) is -0.980. The van der Waals surface area contributed by atoms with Crippen LogP contribution in [0.15, 0.2) is 36.4 Å². The number of carbonyl (C=O) groups is 1. The molecule has 0 aliphatic rings. The molecular weight excluding hydrogens is 397 g/mol. The largest absolute Gasteiger partial charge is 0.433 e. The number of benzene rings is 2. The minimum absolute atomic E-state index is 0.203. The standard InChI is InChI=1S/C17H13F7N2O2/c1-16(21,17(22,23)24)8-5-6-11(12(7-8)28-15(19)20)26-14(27)9-3-2-4-10(25)13(9)18/h2-7,15H,25H2,1H3,(H,26,27). The van der Waals surface area contributed by atoms with Gasteiger partial charge < -0.3 is 15.8 Å². The maximum absolute atomic E-state index is 14.1. The van der Waals surface area contributed by atoms with E-state index in [1.54, 1.807) is 0 Å². The molecule has 0 aromatic heterocycles. The van der Waals surface area contributed by atoms with E-state index in [-0.39, 0.29) is 12.6 Å². The van der Waals surface area contributed by atoms with Gasteiger partial charge in [-0.1, -0.05) is 12.1 Å². The van der Waals surface area contributed by atoms with Crippen LogP contribution in [0, 0.1) is 5.82 Å². The van der Waals surface area contributed by atoms with Gasteiger partial charge in [0.2, 0.25) is 5.67 Å².